The average molecular weight is 273 g/mol. The Morgan fingerprint density at radius 3 is 2.75 bits per heavy atom. The maximum Gasteiger partial charge on any atom is 0.159 e. The van der Waals surface area contributed by atoms with Crippen molar-refractivity contribution in [2.45, 2.75) is 18.9 Å². The van der Waals surface area contributed by atoms with Crippen LogP contribution in [0, 0.1) is 11.6 Å². The molecule has 1 atom stereocenters. The van der Waals surface area contributed by atoms with Crippen LogP contribution in [-0.4, -0.2) is 11.8 Å². The number of para-hydroxylation sites is 1. The highest BCUT2D eigenvalue weighted by molar-refractivity contribution is 5.90. The molecule has 1 N–H and O–H groups in total. The zero-order chi connectivity index (χ0) is 14.1. The number of hydrogen-bond donors (Lipinski definition) is 1. The van der Waals surface area contributed by atoms with E-state index in [1.54, 1.807) is 0 Å². The Hall–Kier alpha value is -2.23. The van der Waals surface area contributed by atoms with Gasteiger partial charge in [0, 0.05) is 24.6 Å². The number of carbonyl (C=O) groups is 1. The van der Waals surface area contributed by atoms with Crippen LogP contribution in [0.3, 0.4) is 0 Å². The largest absolute Gasteiger partial charge is 0.375 e. The Kier molecular flexibility index (Phi) is 3.22. The third-order valence-corrected chi connectivity index (χ3v) is 3.54. The van der Waals surface area contributed by atoms with E-state index >= 15 is 0 Å². The van der Waals surface area contributed by atoms with Gasteiger partial charge in [0.2, 0.25) is 0 Å². The Morgan fingerprint density at radius 1 is 1.20 bits per heavy atom. The molecule has 4 heteroatoms. The lowest BCUT2D eigenvalue weighted by Gasteiger charge is -2.10. The fourth-order valence-electron chi connectivity index (χ4n) is 2.47. The maximum absolute atomic E-state index is 13.5. The third-order valence-electron chi connectivity index (χ3n) is 3.54. The molecule has 0 fully saturated rings. The van der Waals surface area contributed by atoms with E-state index in [9.17, 15) is 13.6 Å². The summed E-state index contributed by atoms with van der Waals surface area (Å²) in [5.41, 5.74) is 2.27. The number of Topliss-reactive ketones (excluding diaryl/α,β-unsaturated/α-hetero) is 1. The summed E-state index contributed by atoms with van der Waals surface area (Å²) < 4.78 is 26.4. The van der Waals surface area contributed by atoms with Crippen molar-refractivity contribution < 1.29 is 13.6 Å². The van der Waals surface area contributed by atoms with E-state index in [0.29, 0.717) is 6.42 Å². The van der Waals surface area contributed by atoms with Crippen LogP contribution in [-0.2, 0) is 17.6 Å². The standard InChI is InChI=1S/C16H13F2NO/c17-12-6-5-10(13(18)9-12)8-16(20)15-7-11-3-1-2-4-14(11)19-15/h1-6,9,15,19H,7-8H2. The summed E-state index contributed by atoms with van der Waals surface area (Å²) >= 11 is 0. The number of nitrogens with one attached hydrogen (secondary N) is 1. The molecule has 1 aliphatic heterocycles. The van der Waals surface area contributed by atoms with Crippen LogP contribution >= 0.6 is 0 Å². The van der Waals surface area contributed by atoms with Gasteiger partial charge in [-0.2, -0.15) is 0 Å². The van der Waals surface area contributed by atoms with Crippen LogP contribution in [0.1, 0.15) is 11.1 Å². The first-order chi connectivity index (χ1) is 9.63. The first kappa shape index (κ1) is 12.8. The fourth-order valence-corrected chi connectivity index (χ4v) is 2.47. The van der Waals surface area contributed by atoms with Crippen molar-refractivity contribution in [1.29, 1.82) is 0 Å². The van der Waals surface area contributed by atoms with Gasteiger partial charge in [0.25, 0.3) is 0 Å². The zero-order valence-electron chi connectivity index (χ0n) is 10.7. The van der Waals surface area contributed by atoms with E-state index in [0.717, 1.165) is 17.3 Å². The average Bonchev–Trinajstić information content (AvgIpc) is 2.86. The van der Waals surface area contributed by atoms with Gasteiger partial charge in [-0.15, -0.1) is 0 Å². The highest BCUT2D eigenvalue weighted by atomic mass is 19.1. The molecular formula is C16H13F2NO. The molecule has 2 aromatic carbocycles. The van der Waals surface area contributed by atoms with Crippen molar-refractivity contribution in [3.8, 4) is 0 Å². The normalized spacial score (nSPS) is 16.6. The van der Waals surface area contributed by atoms with Gasteiger partial charge in [-0.3, -0.25) is 4.79 Å². The molecule has 102 valence electrons. The minimum absolute atomic E-state index is 0.0300. The molecule has 2 nitrogen and oxygen atoms in total. The maximum atomic E-state index is 13.5. The minimum atomic E-state index is -0.672. The molecular weight excluding hydrogens is 260 g/mol. The minimum Gasteiger partial charge on any atom is -0.375 e. The molecule has 0 spiro atoms. The summed E-state index contributed by atoms with van der Waals surface area (Å²) in [5.74, 6) is -1.40. The molecule has 0 saturated carbocycles. The van der Waals surface area contributed by atoms with Gasteiger partial charge in [0.15, 0.2) is 5.78 Å². The van der Waals surface area contributed by atoms with Crippen molar-refractivity contribution in [2.24, 2.45) is 0 Å². The molecule has 0 saturated heterocycles. The van der Waals surface area contributed by atoms with Crippen LogP contribution in [0.2, 0.25) is 0 Å². The second-order valence-corrected chi connectivity index (χ2v) is 4.94. The van der Waals surface area contributed by atoms with Gasteiger partial charge >= 0.3 is 0 Å². The lowest BCUT2D eigenvalue weighted by Crippen LogP contribution is -2.28. The second-order valence-electron chi connectivity index (χ2n) is 4.94. The fraction of sp³-hybridized carbons (Fsp3) is 0.188. The number of rotatable bonds is 3. The summed E-state index contributed by atoms with van der Waals surface area (Å²) in [6.07, 6.45) is 0.579. The highest BCUT2D eigenvalue weighted by Gasteiger charge is 2.26. The number of halogens is 2. The number of anilines is 1. The summed E-state index contributed by atoms with van der Waals surface area (Å²) in [7, 11) is 0. The van der Waals surface area contributed by atoms with E-state index in [1.807, 2.05) is 24.3 Å². The number of benzene rings is 2. The monoisotopic (exact) mass is 273 g/mol. The zero-order valence-corrected chi connectivity index (χ0v) is 10.7. The molecule has 2 aromatic rings. The van der Waals surface area contributed by atoms with Gasteiger partial charge in [-0.05, 0) is 23.3 Å². The Morgan fingerprint density at radius 2 is 2.00 bits per heavy atom. The summed E-state index contributed by atoms with van der Waals surface area (Å²) in [6.45, 7) is 0. The highest BCUT2D eigenvalue weighted by Crippen LogP contribution is 2.26. The first-order valence-electron chi connectivity index (χ1n) is 6.44. The van der Waals surface area contributed by atoms with Crippen LogP contribution in [0.4, 0.5) is 14.5 Å². The first-order valence-corrected chi connectivity index (χ1v) is 6.44. The smallest absolute Gasteiger partial charge is 0.159 e. The molecule has 1 aliphatic rings. The third kappa shape index (κ3) is 2.41. The van der Waals surface area contributed by atoms with Crippen LogP contribution in [0.25, 0.3) is 0 Å². The molecule has 0 bridgehead atoms. The van der Waals surface area contributed by atoms with Crippen molar-refractivity contribution in [2.75, 3.05) is 5.32 Å². The summed E-state index contributed by atoms with van der Waals surface area (Å²) in [6, 6.07) is 10.7. The van der Waals surface area contributed by atoms with E-state index in [2.05, 4.69) is 5.32 Å². The van der Waals surface area contributed by atoms with Crippen molar-refractivity contribution >= 4 is 11.5 Å². The van der Waals surface area contributed by atoms with E-state index in [1.165, 1.54) is 12.1 Å². The summed E-state index contributed by atoms with van der Waals surface area (Å²) in [4.78, 5) is 12.2. The molecule has 0 aromatic heterocycles. The number of ketones is 1. The Bertz CT molecular complexity index is 644. The molecule has 1 heterocycles. The van der Waals surface area contributed by atoms with Crippen LogP contribution in [0.5, 0.6) is 0 Å². The molecule has 20 heavy (non-hydrogen) atoms. The van der Waals surface area contributed by atoms with Gasteiger partial charge in [-0.25, -0.2) is 8.78 Å². The van der Waals surface area contributed by atoms with Crippen LogP contribution < -0.4 is 5.32 Å². The summed E-state index contributed by atoms with van der Waals surface area (Å²) in [5, 5.41) is 3.14. The number of hydrogen-bond acceptors (Lipinski definition) is 2. The van der Waals surface area contributed by atoms with Crippen LogP contribution in [0.15, 0.2) is 42.5 Å². The predicted molar refractivity (Wildman–Crippen MR) is 72.6 cm³/mol. The molecule has 0 aliphatic carbocycles. The topological polar surface area (TPSA) is 29.1 Å². The van der Waals surface area contributed by atoms with E-state index in [-0.39, 0.29) is 23.8 Å². The van der Waals surface area contributed by atoms with Gasteiger partial charge < -0.3 is 5.32 Å². The molecule has 0 amide bonds. The number of fused-ring (bicyclic) bond motifs is 1. The van der Waals surface area contributed by atoms with Crippen molar-refractivity contribution in [1.82, 2.24) is 0 Å². The Balaban J connectivity index is 1.72. The van der Waals surface area contributed by atoms with E-state index < -0.39 is 11.6 Å². The predicted octanol–water partition coefficient (Wildman–Crippen LogP) is 3.11. The van der Waals surface area contributed by atoms with Gasteiger partial charge in [-0.1, -0.05) is 24.3 Å². The van der Waals surface area contributed by atoms with Gasteiger partial charge in [0.1, 0.15) is 11.6 Å². The molecule has 0 radical (unpaired) electrons. The van der Waals surface area contributed by atoms with Crippen molar-refractivity contribution in [3.63, 3.8) is 0 Å². The van der Waals surface area contributed by atoms with E-state index in [4.69, 9.17) is 0 Å². The lowest BCUT2D eigenvalue weighted by atomic mass is 10.0. The second kappa shape index (κ2) is 5.04. The van der Waals surface area contributed by atoms with Crippen molar-refractivity contribution in [3.05, 3.63) is 65.2 Å². The Labute approximate surface area is 115 Å². The SMILES string of the molecule is O=C(Cc1ccc(F)cc1F)C1Cc2ccccc2N1. The lowest BCUT2D eigenvalue weighted by molar-refractivity contribution is -0.119. The quantitative estimate of drug-likeness (QED) is 0.931. The molecule has 1 unspecified atom stereocenters. The van der Waals surface area contributed by atoms with Gasteiger partial charge in [0.05, 0.1) is 6.04 Å². The molecule has 3 rings (SSSR count). The number of carbonyl (C=O) groups excluding carboxylic acids is 1.